The molecule has 9 aliphatic rings. The van der Waals surface area contributed by atoms with Crippen LogP contribution in [0.3, 0.4) is 0 Å². The maximum absolute atomic E-state index is 2.77. The van der Waals surface area contributed by atoms with E-state index >= 15 is 0 Å². The molecular weight excluding hydrogens is 857 g/mol. The van der Waals surface area contributed by atoms with Gasteiger partial charge in [-0.15, -0.1) is 0 Å². The van der Waals surface area contributed by atoms with E-state index in [-0.39, 0.29) is 10.8 Å². The van der Waals surface area contributed by atoms with Crippen molar-refractivity contribution < 1.29 is 0 Å². The zero-order valence-electron chi connectivity index (χ0n) is 44.0. The highest BCUT2D eigenvalue weighted by Gasteiger charge is 2.53. The lowest BCUT2D eigenvalue weighted by Gasteiger charge is -2.57. The lowest BCUT2D eigenvalue weighted by molar-refractivity contribution is -0.00525. The maximum atomic E-state index is 2.77. The van der Waals surface area contributed by atoms with E-state index in [1.165, 1.54) is 162 Å². The second-order valence-corrected chi connectivity index (χ2v) is 25.8. The van der Waals surface area contributed by atoms with Gasteiger partial charge in [0.05, 0.1) is 11.4 Å². The minimum Gasteiger partial charge on any atom is -0.310 e. The number of nitrogens with zero attached hydrogens (tertiary/aromatic N) is 2. The molecule has 2 nitrogen and oxygen atoms in total. The maximum Gasteiger partial charge on any atom is 0.0620 e. The van der Waals surface area contributed by atoms with Crippen molar-refractivity contribution in [3.8, 4) is 0 Å². The zero-order chi connectivity index (χ0) is 48.2. The Kier molecular flexibility index (Phi) is 11.5. The van der Waals surface area contributed by atoms with Crippen molar-refractivity contribution in [1.29, 1.82) is 0 Å². The van der Waals surface area contributed by atoms with E-state index in [4.69, 9.17) is 0 Å². The second kappa shape index (κ2) is 17.8. The first-order chi connectivity index (χ1) is 34.5. The molecule has 0 heterocycles. The molecule has 9 aliphatic carbocycles. The molecule has 8 saturated carbocycles. The van der Waals surface area contributed by atoms with E-state index in [0.29, 0.717) is 17.8 Å². The molecule has 2 heteroatoms. The van der Waals surface area contributed by atoms with Gasteiger partial charge in [0.1, 0.15) is 0 Å². The van der Waals surface area contributed by atoms with Gasteiger partial charge in [0, 0.05) is 44.3 Å². The molecule has 0 aromatic heterocycles. The summed E-state index contributed by atoms with van der Waals surface area (Å²) in [5, 5.41) is 5.52. The Morgan fingerprint density at radius 2 is 0.972 bits per heavy atom. The number of allylic oxidation sites excluding steroid dienone is 3. The SMILES string of the molecule is CCCCc1ccc(N(c2ccc(C(C)C)cc2)c2c3ccc(C45CC6CC(CC(C6)C4)C5)cc3c(N(C3=CCC(C(C)C)C=C3)c3ccc(C)cc3)c3ccc(C45CC6CC(CC(C6)C4)C5)cc23)cc1. The fourth-order valence-corrected chi connectivity index (χ4v) is 17.2. The van der Waals surface area contributed by atoms with Crippen LogP contribution in [0.5, 0.6) is 0 Å². The molecule has 366 valence electrons. The fraction of sp³-hybridized carbons (Fsp3) is 0.478. The van der Waals surface area contributed by atoms with Gasteiger partial charge in [-0.3, -0.25) is 0 Å². The quantitative estimate of drug-likeness (QED) is 0.0841. The highest BCUT2D eigenvalue weighted by Crippen LogP contribution is 2.64. The summed E-state index contributed by atoms with van der Waals surface area (Å²) in [5.41, 5.74) is 15.6. The summed E-state index contributed by atoms with van der Waals surface area (Å²) in [6.45, 7) is 14.0. The molecule has 1 unspecified atom stereocenters. The molecule has 0 radical (unpaired) electrons. The van der Waals surface area contributed by atoms with Crippen LogP contribution < -0.4 is 9.80 Å². The van der Waals surface area contributed by atoms with Crippen LogP contribution in [-0.2, 0) is 17.3 Å². The molecular formula is C69H80N2. The first-order valence-corrected chi connectivity index (χ1v) is 28.8. The Balaban J connectivity index is 1.13. The third kappa shape index (κ3) is 8.03. The summed E-state index contributed by atoms with van der Waals surface area (Å²) in [6.07, 6.45) is 29.1. The molecule has 0 saturated heterocycles. The Morgan fingerprint density at radius 3 is 1.41 bits per heavy atom. The van der Waals surface area contributed by atoms with Crippen molar-refractivity contribution >= 4 is 50.0 Å². The molecule has 8 bridgehead atoms. The van der Waals surface area contributed by atoms with Gasteiger partial charge in [0.2, 0.25) is 0 Å². The number of benzene rings is 6. The molecule has 0 N–H and O–H groups in total. The summed E-state index contributed by atoms with van der Waals surface area (Å²) in [7, 11) is 0. The number of anilines is 5. The Hall–Kier alpha value is -5.08. The number of hydrogen-bond donors (Lipinski definition) is 0. The Morgan fingerprint density at radius 1 is 0.521 bits per heavy atom. The summed E-state index contributed by atoms with van der Waals surface area (Å²) in [6, 6.07) is 45.0. The average Bonchev–Trinajstić information content (AvgIpc) is 3.36. The predicted molar refractivity (Wildman–Crippen MR) is 302 cm³/mol. The van der Waals surface area contributed by atoms with Crippen LogP contribution in [0, 0.1) is 54.3 Å². The van der Waals surface area contributed by atoms with Gasteiger partial charge in [-0.2, -0.15) is 0 Å². The van der Waals surface area contributed by atoms with Crippen molar-refractivity contribution in [2.24, 2.45) is 47.3 Å². The van der Waals surface area contributed by atoms with Crippen LogP contribution in [0.4, 0.5) is 28.4 Å². The molecule has 8 fully saturated rings. The van der Waals surface area contributed by atoms with Gasteiger partial charge in [0.15, 0.2) is 0 Å². The van der Waals surface area contributed by atoms with E-state index in [2.05, 4.69) is 179 Å². The molecule has 71 heavy (non-hydrogen) atoms. The molecule has 0 amide bonds. The topological polar surface area (TPSA) is 6.48 Å². The minimum absolute atomic E-state index is 0.263. The Bertz CT molecular complexity index is 2940. The van der Waals surface area contributed by atoms with Gasteiger partial charge in [0.25, 0.3) is 0 Å². The van der Waals surface area contributed by atoms with Gasteiger partial charge < -0.3 is 9.80 Å². The van der Waals surface area contributed by atoms with Crippen molar-refractivity contribution in [3.63, 3.8) is 0 Å². The zero-order valence-corrected chi connectivity index (χ0v) is 44.0. The lowest BCUT2D eigenvalue weighted by Crippen LogP contribution is -2.48. The summed E-state index contributed by atoms with van der Waals surface area (Å²) < 4.78 is 0. The van der Waals surface area contributed by atoms with E-state index in [1.54, 1.807) is 11.1 Å². The number of aryl methyl sites for hydroxylation is 2. The highest BCUT2D eigenvalue weighted by molar-refractivity contribution is 6.23. The molecule has 6 aromatic rings. The van der Waals surface area contributed by atoms with Crippen LogP contribution in [0.2, 0.25) is 0 Å². The minimum atomic E-state index is 0.263. The number of fused-ring (bicyclic) bond motifs is 2. The predicted octanol–water partition coefficient (Wildman–Crippen LogP) is 19.4. The number of rotatable bonds is 13. The fourth-order valence-electron chi connectivity index (χ4n) is 17.2. The van der Waals surface area contributed by atoms with Gasteiger partial charge in [-0.05, 0) is 244 Å². The van der Waals surface area contributed by atoms with E-state index in [1.807, 2.05) is 0 Å². The molecule has 0 spiro atoms. The smallest absolute Gasteiger partial charge is 0.0620 e. The second-order valence-electron chi connectivity index (χ2n) is 25.8. The van der Waals surface area contributed by atoms with Crippen LogP contribution in [-0.4, -0.2) is 0 Å². The van der Waals surface area contributed by atoms with Gasteiger partial charge >= 0.3 is 0 Å². The van der Waals surface area contributed by atoms with Crippen molar-refractivity contribution in [2.75, 3.05) is 9.80 Å². The Labute approximate surface area is 427 Å². The third-order valence-electron chi connectivity index (χ3n) is 20.2. The normalized spacial score (nSPS) is 29.2. The standard InChI is InChI=1S/C69H80N2/c1-7-8-9-47-12-22-59(23-13-47)71(61-26-16-55(17-27-61)45(4)5)67-63-29-19-56(68-38-48-30-49(39-68)32-50(31-48)40-68)36-64(63)66(70(58-20-10-46(6)11-21-58)60-24-14-54(15-25-60)44(2)3)62-28-18-57(37-65(62)67)69-41-51-33-52(42-69)35-53(34-51)43-69/h10-14,16-29,36-37,44-45,48-54H,7-9,15,30-35,38-43H2,1-6H3. The number of hydrogen-bond acceptors (Lipinski definition) is 2. The first-order valence-electron chi connectivity index (χ1n) is 28.8. The van der Waals surface area contributed by atoms with Crippen molar-refractivity contribution in [1.82, 2.24) is 0 Å². The van der Waals surface area contributed by atoms with E-state index in [0.717, 1.165) is 48.3 Å². The van der Waals surface area contributed by atoms with Crippen LogP contribution in [0.25, 0.3) is 21.5 Å². The van der Waals surface area contributed by atoms with E-state index < -0.39 is 0 Å². The number of unbranched alkanes of at least 4 members (excludes halogenated alkanes) is 1. The monoisotopic (exact) mass is 937 g/mol. The van der Waals surface area contributed by atoms with Crippen LogP contribution in [0.15, 0.2) is 133 Å². The van der Waals surface area contributed by atoms with Crippen molar-refractivity contribution in [3.05, 3.63) is 161 Å². The first kappa shape index (κ1) is 45.8. The highest BCUT2D eigenvalue weighted by atomic mass is 15.2. The van der Waals surface area contributed by atoms with Crippen LogP contribution in [0.1, 0.15) is 165 Å². The molecule has 0 aliphatic heterocycles. The summed E-state index contributed by atoms with van der Waals surface area (Å²) in [4.78, 5) is 5.40. The van der Waals surface area contributed by atoms with Gasteiger partial charge in [-0.25, -0.2) is 0 Å². The van der Waals surface area contributed by atoms with Crippen LogP contribution >= 0.6 is 0 Å². The lowest BCUT2D eigenvalue weighted by atomic mass is 9.48. The van der Waals surface area contributed by atoms with Gasteiger partial charge in [-0.1, -0.05) is 119 Å². The van der Waals surface area contributed by atoms with E-state index in [9.17, 15) is 0 Å². The average molecular weight is 937 g/mol. The molecule has 15 rings (SSSR count). The summed E-state index contributed by atoms with van der Waals surface area (Å²) in [5.74, 6) is 6.90. The molecule has 1 atom stereocenters. The third-order valence-corrected chi connectivity index (χ3v) is 20.2. The molecule has 6 aromatic carbocycles. The largest absolute Gasteiger partial charge is 0.310 e. The summed E-state index contributed by atoms with van der Waals surface area (Å²) >= 11 is 0. The van der Waals surface area contributed by atoms with Crippen molar-refractivity contribution in [2.45, 2.75) is 161 Å².